The molecule has 3 atom stereocenters. The van der Waals surface area contributed by atoms with Crippen LogP contribution in [0.2, 0.25) is 0 Å². The monoisotopic (exact) mass is 736 g/mol. The first kappa shape index (κ1) is 36.3. The Morgan fingerprint density at radius 1 is 0.981 bits per heavy atom. The minimum atomic E-state index is -0.844. The number of piperidine rings is 1. The van der Waals surface area contributed by atoms with Crippen LogP contribution in [0.4, 0.5) is 10.2 Å². The van der Waals surface area contributed by atoms with Crippen LogP contribution in [0.3, 0.4) is 0 Å². The van der Waals surface area contributed by atoms with Gasteiger partial charge < -0.3 is 20.1 Å². The minimum Gasteiger partial charge on any atom is -0.457 e. The summed E-state index contributed by atoms with van der Waals surface area (Å²) < 4.78 is 28.9. The lowest BCUT2D eigenvalue weighted by molar-refractivity contribution is -0.140. The largest absolute Gasteiger partial charge is 0.457 e. The number of hydrogen-bond acceptors (Lipinski definition) is 11. The number of halogens is 1. The summed E-state index contributed by atoms with van der Waals surface area (Å²) in [5.74, 6) is -0.377. The third-order valence-electron chi connectivity index (χ3n) is 12.0. The molecule has 14 heteroatoms. The molecule has 2 aromatic carbocycles. The maximum Gasteiger partial charge on any atom is 0.241 e. The number of amides is 1. The third-order valence-corrected chi connectivity index (χ3v) is 12.0. The number of rotatable bonds is 10. The lowest BCUT2D eigenvalue weighted by atomic mass is 9.80. The summed E-state index contributed by atoms with van der Waals surface area (Å²) in [5, 5.41) is 16.2. The van der Waals surface area contributed by atoms with Gasteiger partial charge in [0.15, 0.2) is 5.65 Å². The van der Waals surface area contributed by atoms with Crippen molar-refractivity contribution in [3.63, 3.8) is 0 Å². The van der Waals surface area contributed by atoms with Gasteiger partial charge >= 0.3 is 0 Å². The maximum absolute atomic E-state index is 15.8. The highest BCUT2D eigenvalue weighted by molar-refractivity contribution is 5.98. The first-order valence-electron chi connectivity index (χ1n) is 19.2. The van der Waals surface area contributed by atoms with Crippen LogP contribution in [0.1, 0.15) is 45.6 Å². The smallest absolute Gasteiger partial charge is 0.241 e. The van der Waals surface area contributed by atoms with Crippen LogP contribution < -0.4 is 10.5 Å². The van der Waals surface area contributed by atoms with E-state index < -0.39 is 17.3 Å². The second-order valence-electron chi connectivity index (χ2n) is 15.6. The molecule has 54 heavy (non-hydrogen) atoms. The van der Waals surface area contributed by atoms with Crippen LogP contribution >= 0.6 is 0 Å². The number of likely N-dealkylation sites (tertiary alicyclic amines) is 2. The molecule has 0 bridgehead atoms. The van der Waals surface area contributed by atoms with Crippen molar-refractivity contribution in [2.75, 3.05) is 71.3 Å². The van der Waals surface area contributed by atoms with Crippen molar-refractivity contribution in [1.29, 1.82) is 5.26 Å². The highest BCUT2D eigenvalue weighted by atomic mass is 19.1. The summed E-state index contributed by atoms with van der Waals surface area (Å²) in [7, 11) is 0. The number of carbonyl (C=O) groups excluding carboxylic acids is 1. The Labute approximate surface area is 315 Å². The maximum atomic E-state index is 15.8. The van der Waals surface area contributed by atoms with Crippen LogP contribution in [-0.2, 0) is 9.53 Å². The van der Waals surface area contributed by atoms with Crippen molar-refractivity contribution in [2.24, 2.45) is 5.92 Å². The molecule has 4 aliphatic rings. The van der Waals surface area contributed by atoms with E-state index in [1.807, 2.05) is 23.1 Å². The van der Waals surface area contributed by atoms with E-state index in [9.17, 15) is 10.1 Å². The van der Waals surface area contributed by atoms with Crippen LogP contribution in [0, 0.1) is 23.1 Å². The van der Waals surface area contributed by atoms with E-state index in [1.54, 1.807) is 28.9 Å². The van der Waals surface area contributed by atoms with Gasteiger partial charge in [0.05, 0.1) is 42.8 Å². The molecule has 0 aliphatic carbocycles. The number of nitriles is 1. The van der Waals surface area contributed by atoms with Crippen LogP contribution in [-0.4, -0.2) is 128 Å². The Kier molecular flexibility index (Phi) is 10.2. The van der Waals surface area contributed by atoms with E-state index in [-0.39, 0.29) is 29.4 Å². The first-order chi connectivity index (χ1) is 26.2. The molecular formula is C40H49FN10O3. The second kappa shape index (κ2) is 15.2. The molecule has 4 saturated heterocycles. The molecule has 2 N–H and O–H groups in total. The molecule has 2 unspecified atom stereocenters. The van der Waals surface area contributed by atoms with E-state index in [1.165, 1.54) is 12.4 Å². The number of anilines is 1. The fourth-order valence-electron chi connectivity index (χ4n) is 9.00. The van der Waals surface area contributed by atoms with Gasteiger partial charge in [-0.15, -0.1) is 0 Å². The van der Waals surface area contributed by atoms with Crippen molar-refractivity contribution in [2.45, 2.75) is 63.2 Å². The Bertz CT molecular complexity index is 2000. The zero-order valence-corrected chi connectivity index (χ0v) is 31.1. The van der Waals surface area contributed by atoms with E-state index >= 15 is 4.39 Å². The Morgan fingerprint density at radius 3 is 2.43 bits per heavy atom. The zero-order valence-electron chi connectivity index (χ0n) is 31.1. The highest BCUT2D eigenvalue weighted by Crippen LogP contribution is 2.38. The van der Waals surface area contributed by atoms with Crippen LogP contribution in [0.25, 0.3) is 22.3 Å². The minimum absolute atomic E-state index is 0.150. The summed E-state index contributed by atoms with van der Waals surface area (Å²) in [6.45, 7) is 12.3. The number of nitrogens with zero attached hydrogens (tertiary/aromatic N) is 9. The Balaban J connectivity index is 1.05. The predicted octanol–water partition coefficient (Wildman–Crippen LogP) is 4.57. The number of piperazine rings is 1. The number of carbonyl (C=O) groups is 1. The van der Waals surface area contributed by atoms with Gasteiger partial charge in [-0.05, 0) is 76.9 Å². The third kappa shape index (κ3) is 6.90. The summed E-state index contributed by atoms with van der Waals surface area (Å²) >= 11 is 0. The van der Waals surface area contributed by atoms with Gasteiger partial charge in [-0.3, -0.25) is 19.5 Å². The van der Waals surface area contributed by atoms with E-state index in [4.69, 9.17) is 20.3 Å². The molecule has 0 radical (unpaired) electrons. The highest BCUT2D eigenvalue weighted by Gasteiger charge is 2.49. The molecular weight excluding hydrogens is 688 g/mol. The average Bonchev–Trinajstić information content (AvgIpc) is 3.83. The van der Waals surface area contributed by atoms with Crippen LogP contribution in [0.5, 0.6) is 11.5 Å². The fraction of sp³-hybridized carbons (Fsp3) is 0.525. The number of nitrogens with two attached hydrogens (primary N) is 1. The summed E-state index contributed by atoms with van der Waals surface area (Å²) in [5.41, 5.74) is 7.04. The van der Waals surface area contributed by atoms with Gasteiger partial charge in [0, 0.05) is 56.4 Å². The van der Waals surface area contributed by atoms with Gasteiger partial charge in [-0.25, -0.2) is 19.0 Å². The molecule has 8 rings (SSSR count). The quantitative estimate of drug-likeness (QED) is 0.245. The van der Waals surface area contributed by atoms with Crippen molar-refractivity contribution >= 4 is 22.8 Å². The predicted molar refractivity (Wildman–Crippen MR) is 202 cm³/mol. The average molecular weight is 737 g/mol. The van der Waals surface area contributed by atoms with E-state index in [0.717, 1.165) is 78.2 Å². The molecule has 284 valence electrons. The molecule has 0 saturated carbocycles. The molecule has 1 amide bonds. The molecule has 13 nitrogen and oxygen atoms in total. The van der Waals surface area contributed by atoms with E-state index in [0.29, 0.717) is 47.4 Å². The topological polar surface area (TPSA) is 142 Å². The molecule has 4 fully saturated rings. The molecule has 4 aliphatic heterocycles. The van der Waals surface area contributed by atoms with Gasteiger partial charge in [0.25, 0.3) is 0 Å². The van der Waals surface area contributed by atoms with Gasteiger partial charge in [-0.1, -0.05) is 18.2 Å². The lowest BCUT2D eigenvalue weighted by Gasteiger charge is -2.53. The standard InChI is InChI=1S/C40H49FN10O3/c1-40(2,50-19-17-47(18-20-50)28-24-53-25-28)36(48-14-6-7-15-48)32(22-42)39(52)49-16-8-9-27(23-49)51-38-34(37(43)44-26-45-38)35(46-51)31-13-12-30(21-33(31)41)54-29-10-4-3-5-11-29/h3-5,10-13,21,26-28,32,36H,6-9,14-20,23-25H2,1-2H3,(H2,43,44,45)/t27-,32?,36?/m1/s1. The SMILES string of the molecule is CC(C)(C(C(C#N)C(=O)N1CCC[C@@H](n2nc(-c3ccc(Oc4ccccc4)cc3F)c3c(N)ncnc32)C1)N1CCCC1)N1CCN(C2COC2)CC1. The van der Waals surface area contributed by atoms with Crippen molar-refractivity contribution in [3.05, 3.63) is 60.7 Å². The Morgan fingerprint density at radius 2 is 1.74 bits per heavy atom. The summed E-state index contributed by atoms with van der Waals surface area (Å²) in [6.07, 6.45) is 4.94. The zero-order chi connectivity index (χ0) is 37.4. The molecule has 2 aromatic heterocycles. The van der Waals surface area contributed by atoms with Crippen LogP contribution in [0.15, 0.2) is 54.9 Å². The first-order valence-corrected chi connectivity index (χ1v) is 19.2. The normalized spacial score (nSPS) is 21.8. The van der Waals surface area contributed by atoms with Crippen molar-refractivity contribution < 1.29 is 18.7 Å². The second-order valence-corrected chi connectivity index (χ2v) is 15.6. The summed E-state index contributed by atoms with van der Waals surface area (Å²) in [4.78, 5) is 32.7. The number of benzene rings is 2. The molecule has 4 aromatic rings. The van der Waals surface area contributed by atoms with Crippen molar-refractivity contribution in [1.82, 2.24) is 39.3 Å². The van der Waals surface area contributed by atoms with Crippen molar-refractivity contribution in [3.8, 4) is 28.8 Å². The number of hydrogen-bond donors (Lipinski definition) is 1. The number of aromatic nitrogens is 4. The lowest BCUT2D eigenvalue weighted by Crippen LogP contribution is -2.67. The molecule has 6 heterocycles. The number of fused-ring (bicyclic) bond motifs is 1. The summed E-state index contributed by atoms with van der Waals surface area (Å²) in [6, 6.07) is 16.3. The van der Waals surface area contributed by atoms with Gasteiger partial charge in [-0.2, -0.15) is 10.4 Å². The van der Waals surface area contributed by atoms with Gasteiger partial charge in [0.2, 0.25) is 5.91 Å². The number of nitrogen functional groups attached to an aromatic ring is 1. The molecule has 0 spiro atoms. The number of ether oxygens (including phenoxy) is 2. The Hall–Kier alpha value is -4.68. The van der Waals surface area contributed by atoms with Gasteiger partial charge in [0.1, 0.15) is 41.1 Å². The number of para-hydroxylation sites is 1. The fourth-order valence-corrected chi connectivity index (χ4v) is 9.00. The van der Waals surface area contributed by atoms with E-state index in [2.05, 4.69) is 44.6 Å².